The van der Waals surface area contributed by atoms with E-state index in [1.54, 1.807) is 0 Å². The number of carbonyl (C=O) groups is 1. The van der Waals surface area contributed by atoms with Crippen molar-refractivity contribution in [3.63, 3.8) is 0 Å². The van der Waals surface area contributed by atoms with E-state index < -0.39 is 11.1 Å². The maximum Gasteiger partial charge on any atom is 0.148 e. The van der Waals surface area contributed by atoms with Gasteiger partial charge in [-0.25, -0.2) is 0 Å². The van der Waals surface area contributed by atoms with Crippen LogP contribution < -0.4 is 0 Å². The molecule has 0 bridgehead atoms. The van der Waals surface area contributed by atoms with E-state index in [4.69, 9.17) is 0 Å². The molecular weight excluding hydrogens is 250 g/mol. The molecule has 0 aliphatic carbocycles. The lowest BCUT2D eigenvalue weighted by molar-refractivity contribution is -0.186. The molecule has 1 N–H and O–H groups in total. The standard InChI is InChI=1S/C17H19NO2/c1-16(2)14(11-10-13-8-6-5-7-9-13)15(12-19)17(3,4)18(16)20/h5-9,12,20H,1-4H3. The lowest BCUT2D eigenvalue weighted by atomic mass is 9.91. The lowest BCUT2D eigenvalue weighted by Crippen LogP contribution is -2.48. The summed E-state index contributed by atoms with van der Waals surface area (Å²) < 4.78 is 0. The van der Waals surface area contributed by atoms with Crippen molar-refractivity contribution in [2.24, 2.45) is 0 Å². The number of rotatable bonds is 1. The number of carbonyl (C=O) groups excluding carboxylic acids is 1. The van der Waals surface area contributed by atoms with Gasteiger partial charge in [0.25, 0.3) is 0 Å². The van der Waals surface area contributed by atoms with E-state index in [1.807, 2.05) is 58.0 Å². The molecule has 0 radical (unpaired) electrons. The molecule has 20 heavy (non-hydrogen) atoms. The largest absolute Gasteiger partial charge is 0.312 e. The molecule has 1 heterocycles. The Morgan fingerprint density at radius 1 is 1.05 bits per heavy atom. The van der Waals surface area contributed by atoms with Crippen LogP contribution >= 0.6 is 0 Å². The predicted molar refractivity (Wildman–Crippen MR) is 78.2 cm³/mol. The third-order valence-electron chi connectivity index (χ3n) is 3.82. The summed E-state index contributed by atoms with van der Waals surface area (Å²) in [6.45, 7) is 7.35. The van der Waals surface area contributed by atoms with Crippen LogP contribution in [0.5, 0.6) is 0 Å². The van der Waals surface area contributed by atoms with E-state index in [1.165, 1.54) is 5.06 Å². The Balaban J connectivity index is 2.53. The number of nitrogens with zero attached hydrogens (tertiary/aromatic N) is 1. The molecule has 0 amide bonds. The van der Waals surface area contributed by atoms with E-state index in [2.05, 4.69) is 11.8 Å². The highest BCUT2D eigenvalue weighted by molar-refractivity contribution is 5.82. The molecule has 3 heteroatoms. The second-order valence-corrected chi connectivity index (χ2v) is 5.95. The first-order valence-electron chi connectivity index (χ1n) is 6.58. The van der Waals surface area contributed by atoms with E-state index in [0.717, 1.165) is 11.8 Å². The van der Waals surface area contributed by atoms with Gasteiger partial charge in [0.05, 0.1) is 11.1 Å². The Labute approximate surface area is 119 Å². The summed E-state index contributed by atoms with van der Waals surface area (Å²) in [7, 11) is 0. The minimum absolute atomic E-state index is 0.536. The molecule has 0 atom stereocenters. The van der Waals surface area contributed by atoms with Crippen molar-refractivity contribution in [3.8, 4) is 11.8 Å². The highest BCUT2D eigenvalue weighted by Crippen LogP contribution is 2.42. The molecule has 0 saturated carbocycles. The Bertz CT molecular complexity index is 615. The first kappa shape index (κ1) is 14.5. The molecule has 0 aromatic heterocycles. The zero-order valence-corrected chi connectivity index (χ0v) is 12.3. The average molecular weight is 269 g/mol. The van der Waals surface area contributed by atoms with Crippen LogP contribution in [0.25, 0.3) is 0 Å². The van der Waals surface area contributed by atoms with Crippen LogP contribution in [0.4, 0.5) is 0 Å². The molecule has 0 fully saturated rings. The second-order valence-electron chi connectivity index (χ2n) is 5.95. The highest BCUT2D eigenvalue weighted by Gasteiger charge is 2.50. The molecule has 3 nitrogen and oxygen atoms in total. The summed E-state index contributed by atoms with van der Waals surface area (Å²) in [5.74, 6) is 6.13. The van der Waals surface area contributed by atoms with Gasteiger partial charge in [0.2, 0.25) is 0 Å². The molecule has 1 aliphatic heterocycles. The molecular formula is C17H19NO2. The predicted octanol–water partition coefficient (Wildman–Crippen LogP) is 2.80. The summed E-state index contributed by atoms with van der Waals surface area (Å²) >= 11 is 0. The lowest BCUT2D eigenvalue weighted by Gasteiger charge is -2.35. The maximum atomic E-state index is 11.4. The van der Waals surface area contributed by atoms with Crippen LogP contribution in [0.1, 0.15) is 33.3 Å². The summed E-state index contributed by atoms with van der Waals surface area (Å²) in [6, 6.07) is 9.59. The summed E-state index contributed by atoms with van der Waals surface area (Å²) in [5, 5.41) is 11.5. The minimum atomic E-state index is -0.730. The van der Waals surface area contributed by atoms with Gasteiger partial charge in [0.15, 0.2) is 0 Å². The minimum Gasteiger partial charge on any atom is -0.312 e. The van der Waals surface area contributed by atoms with Gasteiger partial charge in [-0.15, -0.1) is 0 Å². The third-order valence-corrected chi connectivity index (χ3v) is 3.82. The van der Waals surface area contributed by atoms with E-state index in [0.29, 0.717) is 11.1 Å². The van der Waals surface area contributed by atoms with Crippen molar-refractivity contribution in [2.75, 3.05) is 0 Å². The Morgan fingerprint density at radius 2 is 1.65 bits per heavy atom. The van der Waals surface area contributed by atoms with Crippen LogP contribution in [-0.4, -0.2) is 27.6 Å². The topological polar surface area (TPSA) is 40.5 Å². The third kappa shape index (κ3) is 2.18. The zero-order chi connectivity index (χ0) is 15.0. The molecule has 2 rings (SSSR count). The van der Waals surface area contributed by atoms with Crippen molar-refractivity contribution in [3.05, 3.63) is 47.0 Å². The number of hydrogen-bond acceptors (Lipinski definition) is 3. The molecule has 104 valence electrons. The van der Waals surface area contributed by atoms with Gasteiger partial charge in [-0.05, 0) is 39.8 Å². The average Bonchev–Trinajstić information content (AvgIpc) is 2.55. The van der Waals surface area contributed by atoms with Crippen molar-refractivity contribution in [1.82, 2.24) is 5.06 Å². The number of hydrogen-bond donors (Lipinski definition) is 1. The maximum absolute atomic E-state index is 11.4. The summed E-state index contributed by atoms with van der Waals surface area (Å²) in [4.78, 5) is 11.4. The smallest absolute Gasteiger partial charge is 0.148 e. The molecule has 1 aliphatic rings. The van der Waals surface area contributed by atoms with Gasteiger partial charge in [-0.2, -0.15) is 5.06 Å². The van der Waals surface area contributed by atoms with E-state index >= 15 is 0 Å². The van der Waals surface area contributed by atoms with Gasteiger partial charge in [-0.1, -0.05) is 30.0 Å². The summed E-state index contributed by atoms with van der Waals surface area (Å²) in [6.07, 6.45) is 0.799. The fraction of sp³-hybridized carbons (Fsp3) is 0.353. The fourth-order valence-electron chi connectivity index (χ4n) is 2.63. The molecule has 0 spiro atoms. The van der Waals surface area contributed by atoms with Crippen LogP contribution in [-0.2, 0) is 4.79 Å². The Kier molecular flexibility index (Phi) is 3.56. The van der Waals surface area contributed by atoms with Crippen LogP contribution in [0.2, 0.25) is 0 Å². The van der Waals surface area contributed by atoms with Crippen LogP contribution in [0.15, 0.2) is 41.5 Å². The monoisotopic (exact) mass is 269 g/mol. The Morgan fingerprint density at radius 3 is 2.20 bits per heavy atom. The van der Waals surface area contributed by atoms with E-state index in [-0.39, 0.29) is 0 Å². The second kappa shape index (κ2) is 4.90. The van der Waals surface area contributed by atoms with Crippen LogP contribution in [0, 0.1) is 11.8 Å². The highest BCUT2D eigenvalue weighted by atomic mass is 16.5. The normalized spacial score (nSPS) is 20.4. The molecule has 1 aromatic carbocycles. The van der Waals surface area contributed by atoms with Gasteiger partial charge < -0.3 is 5.21 Å². The number of aldehydes is 1. The first-order chi connectivity index (χ1) is 9.31. The molecule has 0 saturated heterocycles. The fourth-order valence-corrected chi connectivity index (χ4v) is 2.63. The van der Waals surface area contributed by atoms with Crippen molar-refractivity contribution in [1.29, 1.82) is 0 Å². The van der Waals surface area contributed by atoms with E-state index in [9.17, 15) is 10.0 Å². The van der Waals surface area contributed by atoms with Crippen molar-refractivity contribution < 1.29 is 10.0 Å². The zero-order valence-electron chi connectivity index (χ0n) is 12.3. The Hall–Kier alpha value is -1.89. The van der Waals surface area contributed by atoms with Gasteiger partial charge in [0.1, 0.15) is 6.29 Å². The van der Waals surface area contributed by atoms with Gasteiger partial charge in [-0.3, -0.25) is 4.79 Å². The van der Waals surface area contributed by atoms with Gasteiger partial charge >= 0.3 is 0 Å². The van der Waals surface area contributed by atoms with Crippen LogP contribution in [0.3, 0.4) is 0 Å². The molecule has 1 aromatic rings. The quantitative estimate of drug-likeness (QED) is 0.629. The SMILES string of the molecule is CC1(C)C(C#Cc2ccccc2)=C(C=O)C(C)(C)N1O. The van der Waals surface area contributed by atoms with Crippen molar-refractivity contribution >= 4 is 6.29 Å². The first-order valence-corrected chi connectivity index (χ1v) is 6.58. The van der Waals surface area contributed by atoms with Gasteiger partial charge in [0, 0.05) is 16.7 Å². The number of benzene rings is 1. The molecule has 0 unspecified atom stereocenters. The van der Waals surface area contributed by atoms with Crippen molar-refractivity contribution in [2.45, 2.75) is 38.8 Å². The summed E-state index contributed by atoms with van der Waals surface area (Å²) in [5.41, 5.74) is 0.681. The number of hydroxylamine groups is 2.